The standard InChI is InChI=1S/C15H21N3O/c1-4-18(11(2)10-19-3)14-6-5-12-9-17-8-7-13(12)15(14)16/h5-9,11H,4,10,16H2,1-3H3. The van der Waals surface area contributed by atoms with Gasteiger partial charge in [0.25, 0.3) is 0 Å². The van der Waals surface area contributed by atoms with Gasteiger partial charge in [-0.2, -0.15) is 0 Å². The number of likely N-dealkylation sites (N-methyl/N-ethyl adjacent to an activating group) is 1. The van der Waals surface area contributed by atoms with Crippen LogP contribution in [0.3, 0.4) is 0 Å². The predicted octanol–water partition coefficient (Wildman–Crippen LogP) is 2.68. The predicted molar refractivity (Wildman–Crippen MR) is 80.5 cm³/mol. The summed E-state index contributed by atoms with van der Waals surface area (Å²) in [6.07, 6.45) is 3.61. The Morgan fingerprint density at radius 3 is 2.84 bits per heavy atom. The highest BCUT2D eigenvalue weighted by Crippen LogP contribution is 2.31. The third kappa shape index (κ3) is 2.63. The van der Waals surface area contributed by atoms with Crippen LogP contribution in [-0.4, -0.2) is 31.3 Å². The number of rotatable bonds is 5. The average Bonchev–Trinajstić information content (AvgIpc) is 2.43. The van der Waals surface area contributed by atoms with Gasteiger partial charge in [-0.1, -0.05) is 6.07 Å². The first-order valence-corrected chi connectivity index (χ1v) is 6.56. The third-order valence-electron chi connectivity index (χ3n) is 3.43. The molecule has 0 aliphatic rings. The second-order valence-corrected chi connectivity index (χ2v) is 4.69. The summed E-state index contributed by atoms with van der Waals surface area (Å²) in [5.74, 6) is 0. The Balaban J connectivity index is 2.46. The molecule has 0 aliphatic carbocycles. The minimum atomic E-state index is 0.289. The molecular weight excluding hydrogens is 238 g/mol. The molecule has 0 saturated carbocycles. The molecule has 1 unspecified atom stereocenters. The fourth-order valence-corrected chi connectivity index (χ4v) is 2.48. The van der Waals surface area contributed by atoms with Crippen LogP contribution in [0.25, 0.3) is 10.8 Å². The minimum Gasteiger partial charge on any atom is -0.397 e. The van der Waals surface area contributed by atoms with Crippen molar-refractivity contribution in [3.63, 3.8) is 0 Å². The van der Waals surface area contributed by atoms with E-state index in [9.17, 15) is 0 Å². The molecule has 0 radical (unpaired) electrons. The van der Waals surface area contributed by atoms with Gasteiger partial charge in [0.2, 0.25) is 0 Å². The Morgan fingerprint density at radius 1 is 1.37 bits per heavy atom. The molecule has 1 heterocycles. The van der Waals surface area contributed by atoms with E-state index < -0.39 is 0 Å². The lowest BCUT2D eigenvalue weighted by Gasteiger charge is -2.31. The number of nitrogens with two attached hydrogens (primary N) is 1. The summed E-state index contributed by atoms with van der Waals surface area (Å²) in [6.45, 7) is 5.85. The second kappa shape index (κ2) is 5.89. The van der Waals surface area contributed by atoms with Gasteiger partial charge in [-0.25, -0.2) is 0 Å². The van der Waals surface area contributed by atoms with Crippen LogP contribution in [-0.2, 0) is 4.74 Å². The fourth-order valence-electron chi connectivity index (χ4n) is 2.48. The van der Waals surface area contributed by atoms with Gasteiger partial charge in [0.05, 0.1) is 18.0 Å². The van der Waals surface area contributed by atoms with E-state index in [4.69, 9.17) is 10.5 Å². The van der Waals surface area contributed by atoms with E-state index >= 15 is 0 Å². The van der Waals surface area contributed by atoms with Crippen molar-refractivity contribution in [2.75, 3.05) is 30.9 Å². The first-order chi connectivity index (χ1) is 9.19. The smallest absolute Gasteiger partial charge is 0.0663 e. The molecule has 0 saturated heterocycles. The van der Waals surface area contributed by atoms with Gasteiger partial charge in [0.1, 0.15) is 0 Å². The number of hydrogen-bond acceptors (Lipinski definition) is 4. The zero-order valence-corrected chi connectivity index (χ0v) is 11.8. The van der Waals surface area contributed by atoms with E-state index in [1.54, 1.807) is 13.3 Å². The van der Waals surface area contributed by atoms with Gasteiger partial charge in [-0.15, -0.1) is 0 Å². The van der Waals surface area contributed by atoms with Crippen molar-refractivity contribution in [2.24, 2.45) is 0 Å². The average molecular weight is 259 g/mol. The molecule has 4 heteroatoms. The Bertz CT molecular complexity index is 556. The lowest BCUT2D eigenvalue weighted by molar-refractivity contribution is 0.182. The van der Waals surface area contributed by atoms with E-state index in [0.29, 0.717) is 6.61 Å². The molecule has 0 fully saturated rings. The van der Waals surface area contributed by atoms with Gasteiger partial charge in [0.15, 0.2) is 0 Å². The van der Waals surface area contributed by atoms with Crippen molar-refractivity contribution in [2.45, 2.75) is 19.9 Å². The maximum absolute atomic E-state index is 6.32. The van der Waals surface area contributed by atoms with Gasteiger partial charge in [-0.05, 0) is 26.0 Å². The van der Waals surface area contributed by atoms with Crippen molar-refractivity contribution in [1.82, 2.24) is 4.98 Å². The number of benzene rings is 1. The van der Waals surface area contributed by atoms with Crippen LogP contribution in [0.15, 0.2) is 30.6 Å². The van der Waals surface area contributed by atoms with Crippen LogP contribution in [0.1, 0.15) is 13.8 Å². The van der Waals surface area contributed by atoms with Crippen molar-refractivity contribution >= 4 is 22.1 Å². The number of nitrogen functional groups attached to an aromatic ring is 1. The van der Waals surface area contributed by atoms with Crippen LogP contribution in [0, 0.1) is 0 Å². The summed E-state index contributed by atoms with van der Waals surface area (Å²) in [5.41, 5.74) is 8.19. The zero-order valence-electron chi connectivity index (χ0n) is 11.8. The molecule has 2 N–H and O–H groups in total. The summed E-state index contributed by atoms with van der Waals surface area (Å²) in [7, 11) is 1.72. The minimum absolute atomic E-state index is 0.289. The number of methoxy groups -OCH3 is 1. The molecule has 1 aromatic carbocycles. The van der Waals surface area contributed by atoms with Crippen LogP contribution < -0.4 is 10.6 Å². The molecule has 1 aromatic heterocycles. The number of nitrogens with zero attached hydrogens (tertiary/aromatic N) is 2. The number of ether oxygens (including phenoxy) is 1. The highest BCUT2D eigenvalue weighted by Gasteiger charge is 2.16. The van der Waals surface area contributed by atoms with Gasteiger partial charge in [-0.3, -0.25) is 4.98 Å². The van der Waals surface area contributed by atoms with Crippen molar-refractivity contribution in [3.05, 3.63) is 30.6 Å². The summed E-state index contributed by atoms with van der Waals surface area (Å²) < 4.78 is 5.24. The summed E-state index contributed by atoms with van der Waals surface area (Å²) in [4.78, 5) is 6.39. The molecule has 4 nitrogen and oxygen atoms in total. The largest absolute Gasteiger partial charge is 0.397 e. The molecule has 0 aliphatic heterocycles. The SMILES string of the molecule is CCN(c1ccc2cnccc2c1N)C(C)COC. The fraction of sp³-hybridized carbons (Fsp3) is 0.400. The van der Waals surface area contributed by atoms with Crippen LogP contribution in [0.4, 0.5) is 11.4 Å². The van der Waals surface area contributed by atoms with Crippen molar-refractivity contribution in [1.29, 1.82) is 0 Å². The highest BCUT2D eigenvalue weighted by molar-refractivity contribution is 5.98. The number of anilines is 2. The second-order valence-electron chi connectivity index (χ2n) is 4.69. The Hall–Kier alpha value is -1.81. The number of pyridine rings is 1. The molecule has 0 bridgehead atoms. The number of hydrogen-bond donors (Lipinski definition) is 1. The van der Waals surface area contributed by atoms with Gasteiger partial charge >= 0.3 is 0 Å². The van der Waals surface area contributed by atoms with E-state index in [-0.39, 0.29) is 6.04 Å². The van der Waals surface area contributed by atoms with Crippen LogP contribution in [0.5, 0.6) is 0 Å². The molecule has 0 spiro atoms. The molecule has 19 heavy (non-hydrogen) atoms. The van der Waals surface area contributed by atoms with E-state index in [2.05, 4.69) is 35.9 Å². The zero-order chi connectivity index (χ0) is 13.8. The van der Waals surface area contributed by atoms with Crippen molar-refractivity contribution < 1.29 is 4.74 Å². The Labute approximate surface area is 114 Å². The van der Waals surface area contributed by atoms with Gasteiger partial charge < -0.3 is 15.4 Å². The molecule has 102 valence electrons. The van der Waals surface area contributed by atoms with Crippen LogP contribution >= 0.6 is 0 Å². The lowest BCUT2D eigenvalue weighted by Crippen LogP contribution is -2.36. The molecule has 2 aromatic rings. The first kappa shape index (κ1) is 13.6. The van der Waals surface area contributed by atoms with Crippen molar-refractivity contribution in [3.8, 4) is 0 Å². The molecular formula is C15H21N3O. The maximum Gasteiger partial charge on any atom is 0.0663 e. The Morgan fingerprint density at radius 2 is 2.16 bits per heavy atom. The van der Waals surface area contributed by atoms with Crippen LogP contribution in [0.2, 0.25) is 0 Å². The number of fused-ring (bicyclic) bond motifs is 1. The summed E-state index contributed by atoms with van der Waals surface area (Å²) >= 11 is 0. The van der Waals surface area contributed by atoms with Gasteiger partial charge in [0, 0.05) is 42.9 Å². The third-order valence-corrected chi connectivity index (χ3v) is 3.43. The summed E-state index contributed by atoms with van der Waals surface area (Å²) in [6, 6.07) is 6.38. The monoisotopic (exact) mass is 259 g/mol. The van der Waals surface area contributed by atoms with E-state index in [1.807, 2.05) is 12.3 Å². The Kier molecular flexibility index (Phi) is 4.22. The molecule has 0 amide bonds. The highest BCUT2D eigenvalue weighted by atomic mass is 16.5. The lowest BCUT2D eigenvalue weighted by atomic mass is 10.1. The molecule has 1 atom stereocenters. The van der Waals surface area contributed by atoms with E-state index in [0.717, 1.165) is 28.7 Å². The normalized spacial score (nSPS) is 12.6. The first-order valence-electron chi connectivity index (χ1n) is 6.56. The topological polar surface area (TPSA) is 51.4 Å². The quantitative estimate of drug-likeness (QED) is 0.839. The maximum atomic E-state index is 6.32. The van der Waals surface area contributed by atoms with E-state index in [1.165, 1.54) is 0 Å². The molecule has 2 rings (SSSR count). The summed E-state index contributed by atoms with van der Waals surface area (Å²) in [5, 5.41) is 2.12. The number of aromatic nitrogens is 1.